The van der Waals surface area contributed by atoms with Gasteiger partial charge in [-0.2, -0.15) is 0 Å². The summed E-state index contributed by atoms with van der Waals surface area (Å²) < 4.78 is 11.5. The highest BCUT2D eigenvalue weighted by molar-refractivity contribution is 6.30. The van der Waals surface area contributed by atoms with Gasteiger partial charge in [0.2, 0.25) is 0 Å². The minimum Gasteiger partial charge on any atom is -0.490 e. The van der Waals surface area contributed by atoms with E-state index in [-0.39, 0.29) is 22.9 Å². The predicted octanol–water partition coefficient (Wildman–Crippen LogP) is 5.10. The van der Waals surface area contributed by atoms with Gasteiger partial charge in [-0.1, -0.05) is 17.7 Å². The number of nitrogens with zero attached hydrogens (tertiary/aromatic N) is 1. The summed E-state index contributed by atoms with van der Waals surface area (Å²) in [6.07, 6.45) is 4.71. The molecule has 1 N–H and O–H groups in total. The number of ether oxygens (including phenoxy) is 2. The molecule has 1 unspecified atom stereocenters. The van der Waals surface area contributed by atoms with Crippen molar-refractivity contribution < 1.29 is 24.2 Å². The van der Waals surface area contributed by atoms with Crippen molar-refractivity contribution in [3.8, 4) is 5.75 Å². The number of carbonyl (C=O) groups excluding carboxylic acids is 1. The van der Waals surface area contributed by atoms with Crippen molar-refractivity contribution >= 4 is 29.2 Å². The predicted molar refractivity (Wildman–Crippen MR) is 130 cm³/mol. The van der Waals surface area contributed by atoms with E-state index in [4.69, 9.17) is 21.1 Å². The summed E-state index contributed by atoms with van der Waals surface area (Å²) >= 11 is 6.31. The molecule has 0 amide bonds. The van der Waals surface area contributed by atoms with Gasteiger partial charge in [0.15, 0.2) is 0 Å². The number of carboxylic acid groups (broad SMARTS) is 1. The second-order valence-corrected chi connectivity index (χ2v) is 10.7. The van der Waals surface area contributed by atoms with E-state index in [0.29, 0.717) is 25.4 Å². The SMILES string of the molecule is COC(=O)[C@]1(C)CC[C@H]1CN1CC2(CCCc3cc(Cl)ccc32)COc2ccc(C(=O)O)cc21. The molecule has 7 heteroatoms. The minimum absolute atomic E-state index is 0.115. The zero-order valence-electron chi connectivity index (χ0n) is 19.6. The zero-order chi connectivity index (χ0) is 24.1. The van der Waals surface area contributed by atoms with Crippen molar-refractivity contribution in [3.05, 3.63) is 58.1 Å². The number of fused-ring (bicyclic) bond motifs is 3. The number of carboxylic acids is 1. The quantitative estimate of drug-likeness (QED) is 0.610. The molecule has 2 aromatic rings. The first kappa shape index (κ1) is 23.0. The van der Waals surface area contributed by atoms with Gasteiger partial charge < -0.3 is 19.5 Å². The molecule has 1 aliphatic heterocycles. The number of aryl methyl sites for hydroxylation is 1. The number of hydrogen-bond donors (Lipinski definition) is 1. The Morgan fingerprint density at radius 2 is 2.06 bits per heavy atom. The van der Waals surface area contributed by atoms with Crippen LogP contribution in [0.1, 0.15) is 54.1 Å². The van der Waals surface area contributed by atoms with Crippen molar-refractivity contribution in [3.63, 3.8) is 0 Å². The van der Waals surface area contributed by atoms with Gasteiger partial charge in [0.25, 0.3) is 0 Å². The van der Waals surface area contributed by atoms with Crippen LogP contribution >= 0.6 is 11.6 Å². The molecule has 1 fully saturated rings. The summed E-state index contributed by atoms with van der Waals surface area (Å²) in [5, 5.41) is 10.4. The highest BCUT2D eigenvalue weighted by atomic mass is 35.5. The van der Waals surface area contributed by atoms with Gasteiger partial charge >= 0.3 is 11.9 Å². The fourth-order valence-electron chi connectivity index (χ4n) is 6.09. The topological polar surface area (TPSA) is 76.1 Å². The Labute approximate surface area is 204 Å². The number of rotatable bonds is 4. The molecule has 34 heavy (non-hydrogen) atoms. The van der Waals surface area contributed by atoms with Crippen LogP contribution < -0.4 is 9.64 Å². The number of esters is 1. The monoisotopic (exact) mass is 483 g/mol. The van der Waals surface area contributed by atoms with E-state index < -0.39 is 11.4 Å². The molecule has 1 spiro atoms. The fourth-order valence-corrected chi connectivity index (χ4v) is 6.28. The normalized spacial score (nSPS) is 27.6. The summed E-state index contributed by atoms with van der Waals surface area (Å²) in [6, 6.07) is 11.2. The van der Waals surface area contributed by atoms with E-state index in [9.17, 15) is 14.7 Å². The first-order valence-corrected chi connectivity index (χ1v) is 12.3. The molecule has 1 heterocycles. The molecule has 180 valence electrons. The Morgan fingerprint density at radius 1 is 1.24 bits per heavy atom. The number of carbonyl (C=O) groups is 2. The van der Waals surface area contributed by atoms with E-state index in [1.54, 1.807) is 18.2 Å². The van der Waals surface area contributed by atoms with E-state index in [0.717, 1.165) is 42.8 Å². The lowest BCUT2D eigenvalue weighted by atomic mass is 9.61. The molecule has 2 aromatic carbocycles. The minimum atomic E-state index is -0.970. The highest BCUT2D eigenvalue weighted by Gasteiger charge is 2.51. The molecule has 5 rings (SSSR count). The molecule has 3 atom stereocenters. The first-order valence-electron chi connectivity index (χ1n) is 11.9. The van der Waals surface area contributed by atoms with Gasteiger partial charge in [0.1, 0.15) is 5.75 Å². The molecule has 0 aromatic heterocycles. The molecule has 0 radical (unpaired) electrons. The summed E-state index contributed by atoms with van der Waals surface area (Å²) in [4.78, 5) is 26.6. The van der Waals surface area contributed by atoms with E-state index in [2.05, 4.69) is 17.0 Å². The second-order valence-electron chi connectivity index (χ2n) is 10.2. The third-order valence-corrected chi connectivity index (χ3v) is 8.52. The summed E-state index contributed by atoms with van der Waals surface area (Å²) in [7, 11) is 1.44. The van der Waals surface area contributed by atoms with E-state index in [1.807, 2.05) is 13.0 Å². The van der Waals surface area contributed by atoms with Gasteiger partial charge in [-0.3, -0.25) is 4.79 Å². The maximum atomic E-state index is 12.6. The van der Waals surface area contributed by atoms with Gasteiger partial charge in [0, 0.05) is 23.5 Å². The van der Waals surface area contributed by atoms with Gasteiger partial charge in [-0.15, -0.1) is 0 Å². The second kappa shape index (κ2) is 8.49. The Kier molecular flexibility index (Phi) is 5.75. The van der Waals surface area contributed by atoms with Crippen LogP contribution in [0.3, 0.4) is 0 Å². The lowest BCUT2D eigenvalue weighted by molar-refractivity contribution is -0.162. The summed E-state index contributed by atoms with van der Waals surface area (Å²) in [6.45, 7) is 3.81. The molecule has 0 bridgehead atoms. The average Bonchev–Trinajstić information content (AvgIpc) is 2.97. The van der Waals surface area contributed by atoms with E-state index >= 15 is 0 Å². The number of hydrogen-bond acceptors (Lipinski definition) is 5. The van der Waals surface area contributed by atoms with Crippen LogP contribution in [0, 0.1) is 11.3 Å². The molecular formula is C27H30ClNO5. The Bertz CT molecular complexity index is 1150. The van der Waals surface area contributed by atoms with Crippen LogP contribution in [0.4, 0.5) is 5.69 Å². The standard InChI is InChI=1S/C27H30ClNO5/c1-26(25(32)33-2)11-9-19(26)14-29-15-27(10-3-4-17-12-20(28)6-7-21(17)27)16-34-23-8-5-18(24(30)31)13-22(23)29/h5-8,12-13,19H,3-4,9-11,14-16H2,1-2H3,(H,30,31)/t19-,26+,27?/m0/s1. The van der Waals surface area contributed by atoms with Crippen LogP contribution in [0.2, 0.25) is 5.02 Å². The zero-order valence-corrected chi connectivity index (χ0v) is 20.4. The van der Waals surface area contributed by atoms with Crippen molar-refractivity contribution in [2.45, 2.75) is 44.4 Å². The van der Waals surface area contributed by atoms with Crippen molar-refractivity contribution in [2.24, 2.45) is 11.3 Å². The lowest BCUT2D eigenvalue weighted by Crippen LogP contribution is -2.53. The van der Waals surface area contributed by atoms with Crippen LogP contribution in [0.5, 0.6) is 5.75 Å². The van der Waals surface area contributed by atoms with Crippen molar-refractivity contribution in [2.75, 3.05) is 31.7 Å². The van der Waals surface area contributed by atoms with Gasteiger partial charge in [-0.05, 0) is 86.4 Å². The van der Waals surface area contributed by atoms with Crippen LogP contribution in [-0.2, 0) is 21.4 Å². The van der Waals surface area contributed by atoms with Gasteiger partial charge in [0.05, 0.1) is 30.4 Å². The van der Waals surface area contributed by atoms with Crippen LogP contribution in [0.15, 0.2) is 36.4 Å². The number of halogens is 1. The third kappa shape index (κ3) is 3.72. The molecule has 0 saturated heterocycles. The Hall–Kier alpha value is -2.73. The number of benzene rings is 2. The summed E-state index contributed by atoms with van der Waals surface area (Å²) in [5.74, 6) is -0.351. The molecule has 2 aliphatic carbocycles. The number of aromatic carboxylic acids is 1. The third-order valence-electron chi connectivity index (χ3n) is 8.29. The average molecular weight is 484 g/mol. The smallest absolute Gasteiger partial charge is 0.335 e. The maximum Gasteiger partial charge on any atom is 0.335 e. The Morgan fingerprint density at radius 3 is 2.76 bits per heavy atom. The molecule has 1 saturated carbocycles. The summed E-state index contributed by atoms with van der Waals surface area (Å²) in [5.41, 5.74) is 2.73. The largest absolute Gasteiger partial charge is 0.490 e. The number of methoxy groups -OCH3 is 1. The first-order chi connectivity index (χ1) is 16.3. The fraction of sp³-hybridized carbons (Fsp3) is 0.481. The van der Waals surface area contributed by atoms with E-state index in [1.165, 1.54) is 18.2 Å². The Balaban J connectivity index is 1.56. The van der Waals surface area contributed by atoms with Crippen LogP contribution in [0.25, 0.3) is 0 Å². The highest BCUT2D eigenvalue weighted by Crippen LogP contribution is 2.50. The number of anilines is 1. The lowest BCUT2D eigenvalue weighted by Gasteiger charge is -2.48. The maximum absolute atomic E-state index is 12.6. The van der Waals surface area contributed by atoms with Crippen molar-refractivity contribution in [1.29, 1.82) is 0 Å². The van der Waals surface area contributed by atoms with Crippen LogP contribution in [-0.4, -0.2) is 43.9 Å². The van der Waals surface area contributed by atoms with Gasteiger partial charge in [-0.25, -0.2) is 4.79 Å². The molecular weight excluding hydrogens is 454 g/mol. The molecule has 3 aliphatic rings. The van der Waals surface area contributed by atoms with Crippen molar-refractivity contribution in [1.82, 2.24) is 0 Å². The molecule has 6 nitrogen and oxygen atoms in total.